The van der Waals surface area contributed by atoms with Crippen molar-refractivity contribution in [1.29, 1.82) is 0 Å². The lowest BCUT2D eigenvalue weighted by Crippen LogP contribution is -1.93. The molecule has 0 saturated heterocycles. The first kappa shape index (κ1) is 24.7. The summed E-state index contributed by atoms with van der Waals surface area (Å²) in [5.74, 6) is -1.50. The van der Waals surface area contributed by atoms with Crippen molar-refractivity contribution < 1.29 is 19.8 Å². The molecule has 0 aromatic rings. The second-order valence-electron chi connectivity index (χ2n) is 5.89. The van der Waals surface area contributed by atoms with Crippen molar-refractivity contribution >= 4 is 11.9 Å². The van der Waals surface area contributed by atoms with E-state index in [-0.39, 0.29) is 0 Å². The molecule has 24 heavy (non-hydrogen) atoms. The number of rotatable bonds is 14. The van der Waals surface area contributed by atoms with E-state index in [1.54, 1.807) is 0 Å². The summed E-state index contributed by atoms with van der Waals surface area (Å²) in [7, 11) is 0. The fourth-order valence-corrected chi connectivity index (χ4v) is 2.09. The molecule has 4 heteroatoms. The highest BCUT2D eigenvalue weighted by molar-refractivity contribution is 5.66. The molecular weight excluding hydrogens is 304 g/mol. The first-order valence-corrected chi connectivity index (χ1v) is 9.22. The van der Waals surface area contributed by atoms with Crippen molar-refractivity contribution in [2.75, 3.05) is 0 Å². The highest BCUT2D eigenvalue weighted by Crippen LogP contribution is 2.08. The van der Waals surface area contributed by atoms with Crippen molar-refractivity contribution in [3.8, 4) is 0 Å². The van der Waals surface area contributed by atoms with E-state index in [2.05, 4.69) is 31.2 Å². The fraction of sp³-hybridized carbons (Fsp3) is 0.700. The Hall–Kier alpha value is -1.58. The molecule has 2 N–H and O–H groups in total. The predicted molar refractivity (Wildman–Crippen MR) is 100 cm³/mol. The van der Waals surface area contributed by atoms with E-state index in [9.17, 15) is 4.79 Å². The molecule has 0 aromatic heterocycles. The lowest BCUT2D eigenvalue weighted by atomic mass is 10.1. The van der Waals surface area contributed by atoms with Crippen LogP contribution >= 0.6 is 0 Å². The van der Waals surface area contributed by atoms with Crippen molar-refractivity contribution in [2.45, 2.75) is 90.9 Å². The lowest BCUT2D eigenvalue weighted by molar-refractivity contribution is -0.137. The third kappa shape index (κ3) is 32.4. The Balaban J connectivity index is 0. The van der Waals surface area contributed by atoms with E-state index >= 15 is 0 Å². The molecule has 4 nitrogen and oxygen atoms in total. The van der Waals surface area contributed by atoms with E-state index in [4.69, 9.17) is 15.0 Å². The summed E-state index contributed by atoms with van der Waals surface area (Å²) in [4.78, 5) is 19.3. The molecule has 140 valence electrons. The predicted octanol–water partition coefficient (Wildman–Crippen LogP) is 5.98. The van der Waals surface area contributed by atoms with Crippen LogP contribution in [-0.2, 0) is 9.59 Å². The summed E-state index contributed by atoms with van der Waals surface area (Å²) >= 11 is 0. The van der Waals surface area contributed by atoms with Crippen LogP contribution in [0.1, 0.15) is 90.9 Å². The van der Waals surface area contributed by atoms with Crippen molar-refractivity contribution in [3.63, 3.8) is 0 Å². The Kier molecular flexibility index (Phi) is 22.0. The van der Waals surface area contributed by atoms with Gasteiger partial charge in [-0.2, -0.15) is 0 Å². The minimum absolute atomic E-state index is 0.324. The molecule has 0 aromatic carbocycles. The monoisotopic (exact) mass is 340 g/mol. The van der Waals surface area contributed by atoms with Gasteiger partial charge in [0.05, 0.1) is 0 Å². The zero-order chi connectivity index (χ0) is 18.5. The van der Waals surface area contributed by atoms with Gasteiger partial charge in [-0.05, 0) is 38.5 Å². The van der Waals surface area contributed by atoms with Crippen LogP contribution in [0.5, 0.6) is 0 Å². The zero-order valence-electron chi connectivity index (χ0n) is 15.5. The molecule has 0 aliphatic heterocycles. The van der Waals surface area contributed by atoms with Gasteiger partial charge in [0.25, 0.3) is 5.97 Å². The normalized spacial score (nSPS) is 10.8. The van der Waals surface area contributed by atoms with Gasteiger partial charge in [0.2, 0.25) is 0 Å². The largest absolute Gasteiger partial charge is 0.481 e. The fourth-order valence-electron chi connectivity index (χ4n) is 2.09. The Morgan fingerprint density at radius 2 is 1.21 bits per heavy atom. The molecule has 0 amide bonds. The first-order chi connectivity index (χ1) is 11.5. The maximum Gasteiger partial charge on any atom is 0.303 e. The van der Waals surface area contributed by atoms with Gasteiger partial charge in [-0.25, -0.2) is 0 Å². The zero-order valence-corrected chi connectivity index (χ0v) is 15.5. The van der Waals surface area contributed by atoms with Crippen LogP contribution in [0, 0.1) is 0 Å². The number of aliphatic carboxylic acids is 2. The second kappa shape index (κ2) is 21.4. The van der Waals surface area contributed by atoms with Gasteiger partial charge in [-0.3, -0.25) is 9.59 Å². The highest BCUT2D eigenvalue weighted by atomic mass is 16.4. The van der Waals surface area contributed by atoms with Crippen LogP contribution in [0.4, 0.5) is 0 Å². The number of allylic oxidation sites excluding steroid dienone is 4. The van der Waals surface area contributed by atoms with Gasteiger partial charge in [0.15, 0.2) is 0 Å². The van der Waals surface area contributed by atoms with Gasteiger partial charge < -0.3 is 10.2 Å². The maximum atomic E-state index is 10.3. The molecule has 0 radical (unpaired) electrons. The van der Waals surface area contributed by atoms with Gasteiger partial charge >= 0.3 is 5.97 Å². The molecule has 0 fully saturated rings. The first-order valence-electron chi connectivity index (χ1n) is 9.22. The number of hydrogen-bond acceptors (Lipinski definition) is 2. The summed E-state index contributed by atoms with van der Waals surface area (Å²) in [5.41, 5.74) is 0. The van der Waals surface area contributed by atoms with Crippen LogP contribution < -0.4 is 0 Å². The SMILES string of the molecule is CC(=O)O.CCCCC/C=C\C/C=C\CCCCCCCC(=O)O. The van der Waals surface area contributed by atoms with Crippen LogP contribution in [0.25, 0.3) is 0 Å². The highest BCUT2D eigenvalue weighted by Gasteiger charge is 1.95. The number of carboxylic acid groups (broad SMARTS) is 2. The molecule has 0 heterocycles. The van der Waals surface area contributed by atoms with Crippen LogP contribution in [0.15, 0.2) is 24.3 Å². The topological polar surface area (TPSA) is 74.6 Å². The third-order valence-electron chi connectivity index (χ3n) is 3.34. The van der Waals surface area contributed by atoms with Crippen molar-refractivity contribution in [1.82, 2.24) is 0 Å². The Bertz CT molecular complexity index is 342. The molecule has 0 spiro atoms. The quantitative estimate of drug-likeness (QED) is 0.301. The Morgan fingerprint density at radius 1 is 0.750 bits per heavy atom. The van der Waals surface area contributed by atoms with E-state index in [0.717, 1.165) is 32.6 Å². The van der Waals surface area contributed by atoms with Gasteiger partial charge in [-0.1, -0.05) is 63.3 Å². The molecule has 0 bridgehead atoms. The minimum atomic E-state index is -0.833. The molecular formula is C20H36O4. The van der Waals surface area contributed by atoms with E-state index < -0.39 is 11.9 Å². The van der Waals surface area contributed by atoms with E-state index in [1.807, 2.05) is 0 Å². The maximum absolute atomic E-state index is 10.3. The summed E-state index contributed by atoms with van der Waals surface area (Å²) in [6.07, 6.45) is 22.3. The van der Waals surface area contributed by atoms with Crippen molar-refractivity contribution in [2.24, 2.45) is 0 Å². The van der Waals surface area contributed by atoms with Gasteiger partial charge in [-0.15, -0.1) is 0 Å². The number of carbonyl (C=O) groups is 2. The van der Waals surface area contributed by atoms with Gasteiger partial charge in [0.1, 0.15) is 0 Å². The third-order valence-corrected chi connectivity index (χ3v) is 3.34. The van der Waals surface area contributed by atoms with Gasteiger partial charge in [0, 0.05) is 13.3 Å². The number of unbranched alkanes of at least 4 members (excludes halogenated alkanes) is 8. The summed E-state index contributed by atoms with van der Waals surface area (Å²) in [6, 6.07) is 0. The molecule has 0 aliphatic rings. The van der Waals surface area contributed by atoms with E-state index in [0.29, 0.717) is 6.42 Å². The summed E-state index contributed by atoms with van der Waals surface area (Å²) in [5, 5.41) is 15.9. The van der Waals surface area contributed by atoms with Crippen LogP contribution in [-0.4, -0.2) is 22.2 Å². The smallest absolute Gasteiger partial charge is 0.303 e. The minimum Gasteiger partial charge on any atom is -0.481 e. The number of carboxylic acids is 2. The molecule has 0 saturated carbocycles. The van der Waals surface area contributed by atoms with Crippen LogP contribution in [0.3, 0.4) is 0 Å². The Morgan fingerprint density at radius 3 is 1.71 bits per heavy atom. The molecule has 0 rings (SSSR count). The molecule has 0 atom stereocenters. The molecule has 0 aliphatic carbocycles. The standard InChI is InChI=1S/C18H32O2.C2H4O2/c1-2-3-4-5-6-7-8-9-10-11-12-13-14-15-16-17-18(19)20;1-2(3)4/h6-7,9-10H,2-5,8,11-17H2,1H3,(H,19,20);1H3,(H,3,4)/b7-6-,10-9-;. The Labute approximate surface area is 147 Å². The second-order valence-corrected chi connectivity index (χ2v) is 5.89. The average Bonchev–Trinajstić information content (AvgIpc) is 2.50. The number of hydrogen-bond donors (Lipinski definition) is 2. The van der Waals surface area contributed by atoms with E-state index in [1.165, 1.54) is 44.9 Å². The van der Waals surface area contributed by atoms with Crippen molar-refractivity contribution in [3.05, 3.63) is 24.3 Å². The molecule has 0 unspecified atom stereocenters. The summed E-state index contributed by atoms with van der Waals surface area (Å²) in [6.45, 7) is 3.32. The average molecular weight is 341 g/mol. The van der Waals surface area contributed by atoms with Crippen LogP contribution in [0.2, 0.25) is 0 Å². The summed E-state index contributed by atoms with van der Waals surface area (Å²) < 4.78 is 0. The lowest BCUT2D eigenvalue weighted by Gasteiger charge is -1.98.